The molecule has 0 radical (unpaired) electrons. The monoisotopic (exact) mass is 332 g/mol. The van der Waals surface area contributed by atoms with Gasteiger partial charge in [0.25, 0.3) is 0 Å². The molecule has 1 aromatic rings. The number of nitrogens with one attached hydrogen (secondary N) is 1. The zero-order valence-electron chi connectivity index (χ0n) is 14.9. The van der Waals surface area contributed by atoms with E-state index in [-0.39, 0.29) is 36.4 Å². The molecule has 0 saturated heterocycles. The predicted molar refractivity (Wildman–Crippen MR) is 93.7 cm³/mol. The molecule has 0 bridgehead atoms. The maximum atomic E-state index is 12.3. The quantitative estimate of drug-likeness (QED) is 0.704. The van der Waals surface area contributed by atoms with Gasteiger partial charge in [0.05, 0.1) is 19.7 Å². The Bertz CT molecular complexity index is 553. The third-order valence-corrected chi connectivity index (χ3v) is 4.58. The molecule has 1 aliphatic rings. The van der Waals surface area contributed by atoms with Crippen LogP contribution in [0.3, 0.4) is 0 Å². The molecule has 1 aromatic carbocycles. The van der Waals surface area contributed by atoms with Crippen molar-refractivity contribution in [2.24, 2.45) is 0 Å². The fourth-order valence-electron chi connectivity index (χ4n) is 2.81. The van der Waals surface area contributed by atoms with E-state index in [9.17, 15) is 9.59 Å². The van der Waals surface area contributed by atoms with Gasteiger partial charge in [0, 0.05) is 18.0 Å². The number of ether oxygens (including phenoxy) is 1. The molecule has 1 amide bonds. The summed E-state index contributed by atoms with van der Waals surface area (Å²) in [6, 6.07) is 10.4. The van der Waals surface area contributed by atoms with Crippen molar-refractivity contribution in [2.45, 2.75) is 45.1 Å². The maximum absolute atomic E-state index is 12.3. The molecule has 2 rings (SSSR count). The van der Waals surface area contributed by atoms with E-state index in [1.807, 2.05) is 36.9 Å². The van der Waals surface area contributed by atoms with Gasteiger partial charge in [-0.3, -0.25) is 14.5 Å². The molecule has 0 aromatic heterocycles. The zero-order chi connectivity index (χ0) is 17.6. The van der Waals surface area contributed by atoms with Gasteiger partial charge in [0.15, 0.2) is 0 Å². The fourth-order valence-corrected chi connectivity index (χ4v) is 2.81. The summed E-state index contributed by atoms with van der Waals surface area (Å²) >= 11 is 0. The van der Waals surface area contributed by atoms with Crippen LogP contribution in [0.15, 0.2) is 30.3 Å². The molecular weight excluding hydrogens is 304 g/mol. The summed E-state index contributed by atoms with van der Waals surface area (Å²) in [5.74, 6) is -0.336. The second-order valence-electron chi connectivity index (χ2n) is 6.73. The lowest BCUT2D eigenvalue weighted by molar-refractivity contribution is -0.145. The Balaban J connectivity index is 1.84. The highest BCUT2D eigenvalue weighted by molar-refractivity contribution is 5.79. The highest BCUT2D eigenvalue weighted by atomic mass is 16.5. The summed E-state index contributed by atoms with van der Waals surface area (Å²) in [6.45, 7) is 7.09. The average Bonchev–Trinajstić information content (AvgIpc) is 3.34. The van der Waals surface area contributed by atoms with Crippen LogP contribution in [0.2, 0.25) is 0 Å². The molecule has 1 N–H and O–H groups in total. The topological polar surface area (TPSA) is 58.6 Å². The number of amides is 1. The standard InChI is InChI=1S/C19H28N2O3/c1-4-24-18(23)13-21(15(2)3)12-17(22)20-14-19(10-11-19)16-8-6-5-7-9-16/h5-9,15H,4,10-14H2,1-3H3,(H,20,22). The van der Waals surface area contributed by atoms with Gasteiger partial charge in [0.1, 0.15) is 0 Å². The number of carbonyl (C=O) groups is 2. The summed E-state index contributed by atoms with van der Waals surface area (Å²) < 4.78 is 4.97. The number of hydrogen-bond acceptors (Lipinski definition) is 4. The van der Waals surface area contributed by atoms with Crippen LogP contribution in [0.4, 0.5) is 0 Å². The second-order valence-corrected chi connectivity index (χ2v) is 6.73. The minimum Gasteiger partial charge on any atom is -0.465 e. The normalized spacial score (nSPS) is 15.4. The maximum Gasteiger partial charge on any atom is 0.320 e. The minimum atomic E-state index is -0.290. The Morgan fingerprint density at radius 3 is 2.42 bits per heavy atom. The van der Waals surface area contributed by atoms with Crippen molar-refractivity contribution in [3.8, 4) is 0 Å². The van der Waals surface area contributed by atoms with Gasteiger partial charge < -0.3 is 10.1 Å². The molecule has 132 valence electrons. The van der Waals surface area contributed by atoms with E-state index >= 15 is 0 Å². The van der Waals surface area contributed by atoms with Gasteiger partial charge in [-0.1, -0.05) is 30.3 Å². The smallest absolute Gasteiger partial charge is 0.320 e. The van der Waals surface area contributed by atoms with E-state index in [2.05, 4.69) is 17.4 Å². The van der Waals surface area contributed by atoms with Crippen molar-refractivity contribution >= 4 is 11.9 Å². The lowest BCUT2D eigenvalue weighted by Gasteiger charge is -2.25. The second kappa shape index (κ2) is 8.29. The third kappa shape index (κ3) is 5.06. The minimum absolute atomic E-state index is 0.0461. The van der Waals surface area contributed by atoms with E-state index in [0.29, 0.717) is 13.2 Å². The Hall–Kier alpha value is -1.88. The Kier molecular flexibility index (Phi) is 6.37. The molecule has 0 heterocycles. The average molecular weight is 332 g/mol. The molecule has 1 fully saturated rings. The molecule has 1 aliphatic carbocycles. The summed E-state index contributed by atoms with van der Waals surface area (Å²) in [5, 5.41) is 3.04. The van der Waals surface area contributed by atoms with E-state index in [1.165, 1.54) is 5.56 Å². The summed E-state index contributed by atoms with van der Waals surface area (Å²) in [4.78, 5) is 25.8. The first-order valence-electron chi connectivity index (χ1n) is 8.69. The molecule has 0 aliphatic heterocycles. The molecule has 5 heteroatoms. The first-order valence-corrected chi connectivity index (χ1v) is 8.69. The van der Waals surface area contributed by atoms with Gasteiger partial charge in [-0.15, -0.1) is 0 Å². The molecule has 0 atom stereocenters. The van der Waals surface area contributed by atoms with Crippen LogP contribution in [0.25, 0.3) is 0 Å². The zero-order valence-corrected chi connectivity index (χ0v) is 14.9. The lowest BCUT2D eigenvalue weighted by Crippen LogP contribution is -2.45. The first kappa shape index (κ1) is 18.5. The summed E-state index contributed by atoms with van der Waals surface area (Å²) in [5.41, 5.74) is 1.39. The third-order valence-electron chi connectivity index (χ3n) is 4.58. The number of rotatable bonds is 9. The number of carbonyl (C=O) groups excluding carboxylic acids is 2. The Morgan fingerprint density at radius 1 is 1.21 bits per heavy atom. The van der Waals surface area contributed by atoms with Crippen LogP contribution in [0.1, 0.15) is 39.2 Å². The van der Waals surface area contributed by atoms with Crippen molar-refractivity contribution in [3.63, 3.8) is 0 Å². The van der Waals surface area contributed by atoms with Crippen LogP contribution >= 0.6 is 0 Å². The Labute approximate surface area is 144 Å². The molecule has 0 unspecified atom stereocenters. The van der Waals surface area contributed by atoms with Crippen molar-refractivity contribution < 1.29 is 14.3 Å². The van der Waals surface area contributed by atoms with E-state index < -0.39 is 0 Å². The largest absolute Gasteiger partial charge is 0.465 e. The van der Waals surface area contributed by atoms with E-state index in [1.54, 1.807) is 6.92 Å². The van der Waals surface area contributed by atoms with E-state index in [0.717, 1.165) is 12.8 Å². The van der Waals surface area contributed by atoms with Crippen molar-refractivity contribution in [1.29, 1.82) is 0 Å². The molecule has 0 spiro atoms. The number of nitrogens with zero attached hydrogens (tertiary/aromatic N) is 1. The van der Waals surface area contributed by atoms with Gasteiger partial charge in [0.2, 0.25) is 5.91 Å². The SMILES string of the molecule is CCOC(=O)CN(CC(=O)NCC1(c2ccccc2)CC1)C(C)C. The van der Waals surface area contributed by atoms with Crippen molar-refractivity contribution in [2.75, 3.05) is 26.2 Å². The number of benzene rings is 1. The van der Waals surface area contributed by atoms with Crippen LogP contribution in [-0.2, 0) is 19.7 Å². The lowest BCUT2D eigenvalue weighted by atomic mass is 9.96. The number of esters is 1. The van der Waals surface area contributed by atoms with Gasteiger partial charge >= 0.3 is 5.97 Å². The molecule has 5 nitrogen and oxygen atoms in total. The van der Waals surface area contributed by atoms with Gasteiger partial charge in [-0.25, -0.2) is 0 Å². The van der Waals surface area contributed by atoms with Crippen LogP contribution < -0.4 is 5.32 Å². The molecule has 1 saturated carbocycles. The van der Waals surface area contributed by atoms with Crippen LogP contribution in [0, 0.1) is 0 Å². The van der Waals surface area contributed by atoms with Crippen molar-refractivity contribution in [3.05, 3.63) is 35.9 Å². The summed E-state index contributed by atoms with van der Waals surface area (Å²) in [7, 11) is 0. The first-order chi connectivity index (χ1) is 11.5. The van der Waals surface area contributed by atoms with Crippen LogP contribution in [0.5, 0.6) is 0 Å². The van der Waals surface area contributed by atoms with Gasteiger partial charge in [-0.2, -0.15) is 0 Å². The van der Waals surface area contributed by atoms with Gasteiger partial charge in [-0.05, 0) is 39.2 Å². The predicted octanol–water partition coefficient (Wildman–Crippen LogP) is 2.11. The fraction of sp³-hybridized carbons (Fsp3) is 0.579. The molecular formula is C19H28N2O3. The number of hydrogen-bond donors (Lipinski definition) is 1. The van der Waals surface area contributed by atoms with Crippen molar-refractivity contribution in [1.82, 2.24) is 10.2 Å². The highest BCUT2D eigenvalue weighted by Gasteiger charge is 2.44. The van der Waals surface area contributed by atoms with E-state index in [4.69, 9.17) is 4.74 Å². The summed E-state index contributed by atoms with van der Waals surface area (Å²) in [6.07, 6.45) is 2.21. The highest BCUT2D eigenvalue weighted by Crippen LogP contribution is 2.47. The molecule has 24 heavy (non-hydrogen) atoms. The van der Waals surface area contributed by atoms with Crippen LogP contribution in [-0.4, -0.2) is 49.1 Å². The Morgan fingerprint density at radius 2 is 1.88 bits per heavy atom.